The maximum absolute atomic E-state index is 14.0. The highest BCUT2D eigenvalue weighted by molar-refractivity contribution is 5.91. The normalized spacial score (nSPS) is 11.2. The van der Waals surface area contributed by atoms with Gasteiger partial charge in [0.25, 0.3) is 5.78 Å². The number of anilines is 1. The predicted octanol–water partition coefficient (Wildman–Crippen LogP) is 2.75. The number of rotatable bonds is 5. The Morgan fingerprint density at radius 3 is 2.73 bits per heavy atom. The molecule has 10 heteroatoms. The molecule has 0 saturated heterocycles. The molecule has 30 heavy (non-hydrogen) atoms. The monoisotopic (exact) mass is 411 g/mol. The first kappa shape index (κ1) is 19.6. The van der Waals surface area contributed by atoms with E-state index in [2.05, 4.69) is 25.5 Å². The predicted molar refractivity (Wildman–Crippen MR) is 105 cm³/mol. The Morgan fingerprint density at radius 1 is 1.13 bits per heavy atom. The summed E-state index contributed by atoms with van der Waals surface area (Å²) in [4.78, 5) is 21.2. The van der Waals surface area contributed by atoms with Crippen LogP contribution in [0.4, 0.5) is 14.6 Å². The zero-order chi connectivity index (χ0) is 21.4. The number of aryl methyl sites for hydroxylation is 3. The molecule has 1 N–H and O–H groups in total. The summed E-state index contributed by atoms with van der Waals surface area (Å²) >= 11 is 0. The number of fused-ring (bicyclic) bond motifs is 1. The molecule has 0 spiro atoms. The fraction of sp³-hybridized carbons (Fsp3) is 0.250. The second kappa shape index (κ2) is 7.62. The van der Waals surface area contributed by atoms with Crippen LogP contribution in [-0.2, 0) is 17.8 Å². The van der Waals surface area contributed by atoms with Crippen molar-refractivity contribution >= 4 is 17.5 Å². The Morgan fingerprint density at radius 2 is 1.93 bits per heavy atom. The first-order chi connectivity index (χ1) is 14.3. The van der Waals surface area contributed by atoms with Crippen LogP contribution in [0.15, 0.2) is 30.5 Å². The smallest absolute Gasteiger partial charge is 0.252 e. The summed E-state index contributed by atoms with van der Waals surface area (Å²) in [6.07, 6.45) is 1.48. The van der Waals surface area contributed by atoms with Crippen LogP contribution >= 0.6 is 0 Å². The first-order valence-corrected chi connectivity index (χ1v) is 9.26. The van der Waals surface area contributed by atoms with Gasteiger partial charge in [-0.1, -0.05) is 0 Å². The topological polar surface area (TPSA) is 90.0 Å². The molecule has 0 bridgehead atoms. The number of amides is 1. The summed E-state index contributed by atoms with van der Waals surface area (Å²) in [7, 11) is 0. The average Bonchev–Trinajstić information content (AvgIpc) is 3.22. The van der Waals surface area contributed by atoms with Gasteiger partial charge in [0.15, 0.2) is 5.82 Å². The van der Waals surface area contributed by atoms with Crippen LogP contribution in [-0.4, -0.2) is 35.3 Å². The van der Waals surface area contributed by atoms with E-state index in [9.17, 15) is 13.6 Å². The van der Waals surface area contributed by atoms with Gasteiger partial charge in [-0.3, -0.25) is 4.79 Å². The van der Waals surface area contributed by atoms with Crippen LogP contribution in [0.2, 0.25) is 0 Å². The van der Waals surface area contributed by atoms with Gasteiger partial charge in [-0.15, -0.1) is 5.10 Å². The van der Waals surface area contributed by atoms with E-state index < -0.39 is 11.6 Å². The summed E-state index contributed by atoms with van der Waals surface area (Å²) in [5.41, 5.74) is 2.50. The Labute approximate surface area is 170 Å². The second-order valence-corrected chi connectivity index (χ2v) is 7.07. The van der Waals surface area contributed by atoms with Gasteiger partial charge in [0, 0.05) is 22.5 Å². The van der Waals surface area contributed by atoms with Crippen LogP contribution in [0.3, 0.4) is 0 Å². The molecule has 154 valence electrons. The van der Waals surface area contributed by atoms with Crippen LogP contribution in [0.5, 0.6) is 0 Å². The van der Waals surface area contributed by atoms with Crippen LogP contribution in [0.25, 0.3) is 5.78 Å². The standard InChI is InChI=1S/C20H19F2N7O/c1-11-9-23-28(10-14-7-15(21)4-5-16(14)22)19(11)26-18(30)8-17-25-20-24-12(2)6-13(3)29(20)27-17/h4-7,9H,8,10H2,1-3H3,(H,26,30). The van der Waals surface area contributed by atoms with Gasteiger partial charge in [-0.25, -0.2) is 23.0 Å². The van der Waals surface area contributed by atoms with Gasteiger partial charge in [-0.05, 0) is 45.0 Å². The zero-order valence-corrected chi connectivity index (χ0v) is 16.6. The molecule has 4 rings (SSSR count). The van der Waals surface area contributed by atoms with Crippen LogP contribution in [0.1, 0.15) is 28.3 Å². The van der Waals surface area contributed by atoms with Crippen LogP contribution < -0.4 is 5.32 Å². The summed E-state index contributed by atoms with van der Waals surface area (Å²) in [5, 5.41) is 11.3. The summed E-state index contributed by atoms with van der Waals surface area (Å²) in [6, 6.07) is 5.09. The molecule has 8 nitrogen and oxygen atoms in total. The largest absolute Gasteiger partial charge is 0.310 e. The van der Waals surface area contributed by atoms with Crippen molar-refractivity contribution in [1.82, 2.24) is 29.4 Å². The summed E-state index contributed by atoms with van der Waals surface area (Å²) < 4.78 is 30.4. The van der Waals surface area contributed by atoms with Crippen molar-refractivity contribution in [3.05, 3.63) is 70.4 Å². The van der Waals surface area contributed by atoms with Gasteiger partial charge in [-0.2, -0.15) is 10.1 Å². The number of hydrogen-bond donors (Lipinski definition) is 1. The lowest BCUT2D eigenvalue weighted by atomic mass is 10.2. The lowest BCUT2D eigenvalue weighted by Crippen LogP contribution is -2.19. The van der Waals surface area contributed by atoms with Crippen molar-refractivity contribution in [2.45, 2.75) is 33.7 Å². The third kappa shape index (κ3) is 3.88. The Hall–Kier alpha value is -3.69. The van der Waals surface area contributed by atoms with Crippen molar-refractivity contribution < 1.29 is 13.6 Å². The maximum atomic E-state index is 14.0. The lowest BCUT2D eigenvalue weighted by Gasteiger charge is -2.10. The van der Waals surface area contributed by atoms with E-state index in [1.165, 1.54) is 4.68 Å². The fourth-order valence-corrected chi connectivity index (χ4v) is 3.19. The Kier molecular flexibility index (Phi) is 4.98. The zero-order valence-electron chi connectivity index (χ0n) is 16.6. The molecule has 1 aromatic carbocycles. The number of hydrogen-bond acceptors (Lipinski definition) is 5. The quantitative estimate of drug-likeness (QED) is 0.545. The molecular formula is C20H19F2N7O. The highest BCUT2D eigenvalue weighted by Crippen LogP contribution is 2.18. The van der Waals surface area contributed by atoms with Gasteiger partial charge < -0.3 is 5.32 Å². The van der Waals surface area contributed by atoms with Crippen molar-refractivity contribution in [2.24, 2.45) is 0 Å². The highest BCUT2D eigenvalue weighted by atomic mass is 19.1. The van der Waals surface area contributed by atoms with E-state index in [4.69, 9.17) is 0 Å². The molecule has 0 saturated carbocycles. The number of benzene rings is 1. The minimum atomic E-state index is -0.547. The molecule has 0 unspecified atom stereocenters. The van der Waals surface area contributed by atoms with E-state index in [1.807, 2.05) is 19.9 Å². The third-order valence-corrected chi connectivity index (χ3v) is 4.59. The van der Waals surface area contributed by atoms with E-state index in [-0.39, 0.29) is 24.4 Å². The highest BCUT2D eigenvalue weighted by Gasteiger charge is 2.16. The molecule has 4 aromatic rings. The van der Waals surface area contributed by atoms with Crippen molar-refractivity contribution in [1.29, 1.82) is 0 Å². The van der Waals surface area contributed by atoms with E-state index in [0.717, 1.165) is 29.6 Å². The van der Waals surface area contributed by atoms with Crippen LogP contribution in [0, 0.1) is 32.4 Å². The molecular weight excluding hydrogens is 392 g/mol. The number of halogens is 2. The minimum Gasteiger partial charge on any atom is -0.310 e. The number of aromatic nitrogens is 6. The number of carbonyl (C=O) groups is 1. The van der Waals surface area contributed by atoms with E-state index in [0.29, 0.717) is 23.0 Å². The van der Waals surface area contributed by atoms with Crippen molar-refractivity contribution in [2.75, 3.05) is 5.32 Å². The van der Waals surface area contributed by atoms with Gasteiger partial charge in [0.1, 0.15) is 17.5 Å². The maximum Gasteiger partial charge on any atom is 0.252 e. The van der Waals surface area contributed by atoms with Gasteiger partial charge in [0.05, 0.1) is 19.2 Å². The average molecular weight is 411 g/mol. The summed E-state index contributed by atoms with van der Waals surface area (Å²) in [6.45, 7) is 5.48. The van der Waals surface area contributed by atoms with E-state index in [1.54, 1.807) is 17.6 Å². The molecule has 3 heterocycles. The third-order valence-electron chi connectivity index (χ3n) is 4.59. The molecule has 3 aromatic heterocycles. The van der Waals surface area contributed by atoms with E-state index >= 15 is 0 Å². The summed E-state index contributed by atoms with van der Waals surface area (Å²) in [5.74, 6) is -0.291. The fourth-order valence-electron chi connectivity index (χ4n) is 3.19. The minimum absolute atomic E-state index is 0.0257. The molecule has 1 amide bonds. The lowest BCUT2D eigenvalue weighted by molar-refractivity contribution is -0.115. The number of nitrogens with zero attached hydrogens (tertiary/aromatic N) is 6. The van der Waals surface area contributed by atoms with Gasteiger partial charge in [0.2, 0.25) is 5.91 Å². The molecule has 0 aliphatic carbocycles. The molecule has 0 radical (unpaired) electrons. The second-order valence-electron chi connectivity index (χ2n) is 7.07. The molecule has 0 atom stereocenters. The first-order valence-electron chi connectivity index (χ1n) is 9.26. The number of carbonyl (C=O) groups excluding carboxylic acids is 1. The molecule has 0 fully saturated rings. The molecule has 0 aliphatic rings. The SMILES string of the molecule is Cc1cc(C)n2nc(CC(=O)Nc3c(C)cnn3Cc3cc(F)ccc3F)nc2n1. The molecule has 0 aliphatic heterocycles. The number of nitrogens with one attached hydrogen (secondary N) is 1. The van der Waals surface area contributed by atoms with Crippen molar-refractivity contribution in [3.8, 4) is 0 Å². The Bertz CT molecular complexity index is 1260. The van der Waals surface area contributed by atoms with Crippen molar-refractivity contribution in [3.63, 3.8) is 0 Å². The Balaban J connectivity index is 1.53. The van der Waals surface area contributed by atoms with Gasteiger partial charge >= 0.3 is 0 Å².